The number of carbonyl (C=O) groups is 1. The molecule has 8 heteroatoms. The number of aliphatic hydroxyl groups excluding tert-OH is 1. The molecule has 1 amide bonds. The van der Waals surface area contributed by atoms with E-state index in [1.807, 2.05) is 13.8 Å². The summed E-state index contributed by atoms with van der Waals surface area (Å²) in [6.45, 7) is 4.59. The molecule has 0 aliphatic carbocycles. The first kappa shape index (κ1) is 15.5. The lowest BCUT2D eigenvalue weighted by Gasteiger charge is -2.04. The van der Waals surface area contributed by atoms with Crippen molar-refractivity contribution in [1.82, 2.24) is 24.9 Å². The zero-order valence-corrected chi connectivity index (χ0v) is 12.8. The summed E-state index contributed by atoms with van der Waals surface area (Å²) in [6.07, 6.45) is 2.24. The Morgan fingerprint density at radius 2 is 2.19 bits per heavy atom. The van der Waals surface area contributed by atoms with Crippen LogP contribution in [0.25, 0.3) is 0 Å². The van der Waals surface area contributed by atoms with Crippen LogP contribution in [0.5, 0.6) is 0 Å². The van der Waals surface area contributed by atoms with Crippen molar-refractivity contribution in [2.75, 3.05) is 13.2 Å². The Labute approximate surface area is 127 Å². The number of carbonyl (C=O) groups excluding carboxylic acids is 1. The highest BCUT2D eigenvalue weighted by Gasteiger charge is 2.12. The number of aliphatic hydroxyl groups is 1. The molecule has 0 bridgehead atoms. The standard InChI is InChI=1S/C13H18ClN5O2/c1-9-12(14)10(2)19(16-9)8-18-6-4-11(17-18)13(21)15-5-3-7-20/h4,6,20H,3,5,7-8H2,1-2H3,(H,15,21). The van der Waals surface area contributed by atoms with E-state index in [4.69, 9.17) is 16.7 Å². The number of rotatable bonds is 6. The van der Waals surface area contributed by atoms with E-state index in [0.717, 1.165) is 11.4 Å². The fourth-order valence-corrected chi connectivity index (χ4v) is 2.02. The van der Waals surface area contributed by atoms with Crippen LogP contribution >= 0.6 is 11.6 Å². The van der Waals surface area contributed by atoms with Crippen LogP contribution in [0.15, 0.2) is 12.3 Å². The van der Waals surface area contributed by atoms with Gasteiger partial charge >= 0.3 is 0 Å². The van der Waals surface area contributed by atoms with Crippen LogP contribution in [0.3, 0.4) is 0 Å². The van der Waals surface area contributed by atoms with Crippen molar-refractivity contribution in [2.45, 2.75) is 26.9 Å². The summed E-state index contributed by atoms with van der Waals surface area (Å²) < 4.78 is 3.36. The molecule has 0 radical (unpaired) electrons. The molecule has 0 aliphatic rings. The third-order valence-corrected chi connectivity index (χ3v) is 3.61. The van der Waals surface area contributed by atoms with Gasteiger partial charge in [-0.25, -0.2) is 4.68 Å². The van der Waals surface area contributed by atoms with Gasteiger partial charge in [-0.15, -0.1) is 0 Å². The Balaban J connectivity index is 2.03. The van der Waals surface area contributed by atoms with Crippen molar-refractivity contribution in [1.29, 1.82) is 0 Å². The van der Waals surface area contributed by atoms with E-state index in [2.05, 4.69) is 15.5 Å². The minimum absolute atomic E-state index is 0.0490. The van der Waals surface area contributed by atoms with Crippen molar-refractivity contribution >= 4 is 17.5 Å². The number of hydrogen-bond donors (Lipinski definition) is 2. The Morgan fingerprint density at radius 1 is 1.43 bits per heavy atom. The molecule has 7 nitrogen and oxygen atoms in total. The van der Waals surface area contributed by atoms with Crippen LogP contribution in [0.4, 0.5) is 0 Å². The smallest absolute Gasteiger partial charge is 0.271 e. The van der Waals surface area contributed by atoms with Gasteiger partial charge in [0.1, 0.15) is 12.4 Å². The maximum Gasteiger partial charge on any atom is 0.271 e. The SMILES string of the molecule is Cc1nn(Cn2ccc(C(=O)NCCCO)n2)c(C)c1Cl. The lowest BCUT2D eigenvalue weighted by molar-refractivity contribution is 0.0945. The number of nitrogens with one attached hydrogen (secondary N) is 1. The first-order chi connectivity index (χ1) is 10.0. The van der Waals surface area contributed by atoms with Crippen LogP contribution in [0, 0.1) is 13.8 Å². The van der Waals surface area contributed by atoms with Gasteiger partial charge in [0, 0.05) is 19.3 Å². The Hall–Kier alpha value is -1.86. The molecule has 0 spiro atoms. The van der Waals surface area contributed by atoms with E-state index in [-0.39, 0.29) is 12.5 Å². The van der Waals surface area contributed by atoms with E-state index < -0.39 is 0 Å². The second kappa shape index (κ2) is 6.73. The molecule has 2 heterocycles. The third-order valence-electron chi connectivity index (χ3n) is 3.07. The molecule has 0 aromatic carbocycles. The highest BCUT2D eigenvalue weighted by atomic mass is 35.5. The second-order valence-electron chi connectivity index (χ2n) is 4.70. The summed E-state index contributed by atoms with van der Waals surface area (Å²) >= 11 is 6.09. The Bertz CT molecular complexity index is 635. The van der Waals surface area contributed by atoms with Gasteiger partial charge in [0.15, 0.2) is 0 Å². The van der Waals surface area contributed by atoms with E-state index >= 15 is 0 Å². The average molecular weight is 312 g/mol. The number of amides is 1. The van der Waals surface area contributed by atoms with Crippen LogP contribution in [-0.2, 0) is 6.67 Å². The van der Waals surface area contributed by atoms with Crippen molar-refractivity contribution in [3.05, 3.63) is 34.4 Å². The van der Waals surface area contributed by atoms with Crippen LogP contribution < -0.4 is 5.32 Å². The fourth-order valence-electron chi connectivity index (χ4n) is 1.88. The molecule has 0 fully saturated rings. The molecule has 0 atom stereocenters. The molecule has 2 rings (SSSR count). The predicted molar refractivity (Wildman–Crippen MR) is 78.4 cm³/mol. The van der Waals surface area contributed by atoms with Gasteiger partial charge in [0.05, 0.1) is 16.4 Å². The summed E-state index contributed by atoms with van der Waals surface area (Å²) in [4.78, 5) is 11.8. The van der Waals surface area contributed by atoms with E-state index in [0.29, 0.717) is 30.4 Å². The summed E-state index contributed by atoms with van der Waals surface area (Å²) in [5, 5.41) is 20.5. The molecular formula is C13H18ClN5O2. The summed E-state index contributed by atoms with van der Waals surface area (Å²) in [5.41, 5.74) is 1.96. The maximum atomic E-state index is 11.8. The van der Waals surface area contributed by atoms with Gasteiger partial charge in [0.2, 0.25) is 0 Å². The predicted octanol–water partition coefficient (Wildman–Crippen LogP) is 0.968. The minimum atomic E-state index is -0.256. The van der Waals surface area contributed by atoms with Crippen molar-refractivity contribution in [3.8, 4) is 0 Å². The zero-order chi connectivity index (χ0) is 15.4. The monoisotopic (exact) mass is 311 g/mol. The van der Waals surface area contributed by atoms with Crippen LogP contribution in [0.1, 0.15) is 28.3 Å². The Kier molecular flexibility index (Phi) is 4.98. The Morgan fingerprint density at radius 3 is 2.81 bits per heavy atom. The highest BCUT2D eigenvalue weighted by Crippen LogP contribution is 2.18. The molecular weight excluding hydrogens is 294 g/mol. The van der Waals surface area contributed by atoms with Gasteiger partial charge in [-0.05, 0) is 26.3 Å². The zero-order valence-electron chi connectivity index (χ0n) is 12.0. The number of aromatic nitrogens is 4. The van der Waals surface area contributed by atoms with Gasteiger partial charge < -0.3 is 10.4 Å². The quantitative estimate of drug-likeness (QED) is 0.778. The fraction of sp³-hybridized carbons (Fsp3) is 0.462. The maximum absolute atomic E-state index is 11.8. The van der Waals surface area contributed by atoms with Gasteiger partial charge in [0.25, 0.3) is 5.91 Å². The molecule has 2 aromatic rings. The molecule has 2 N–H and O–H groups in total. The van der Waals surface area contributed by atoms with Crippen molar-refractivity contribution in [3.63, 3.8) is 0 Å². The summed E-state index contributed by atoms with van der Waals surface area (Å²) in [7, 11) is 0. The van der Waals surface area contributed by atoms with E-state index in [9.17, 15) is 4.79 Å². The highest BCUT2D eigenvalue weighted by molar-refractivity contribution is 6.31. The summed E-state index contributed by atoms with van der Waals surface area (Å²) in [5.74, 6) is -0.256. The lowest BCUT2D eigenvalue weighted by Crippen LogP contribution is -2.25. The second-order valence-corrected chi connectivity index (χ2v) is 5.08. The van der Waals surface area contributed by atoms with Crippen LogP contribution in [0.2, 0.25) is 5.02 Å². The van der Waals surface area contributed by atoms with Crippen molar-refractivity contribution < 1.29 is 9.90 Å². The van der Waals surface area contributed by atoms with Crippen LogP contribution in [-0.4, -0.2) is 43.7 Å². The third kappa shape index (κ3) is 3.62. The van der Waals surface area contributed by atoms with E-state index in [1.165, 1.54) is 0 Å². The molecule has 0 saturated heterocycles. The van der Waals surface area contributed by atoms with Gasteiger partial charge in [-0.2, -0.15) is 10.2 Å². The van der Waals surface area contributed by atoms with E-state index in [1.54, 1.807) is 21.6 Å². The molecule has 0 aliphatic heterocycles. The average Bonchev–Trinajstić information content (AvgIpc) is 3.01. The molecule has 2 aromatic heterocycles. The van der Waals surface area contributed by atoms with Crippen molar-refractivity contribution in [2.24, 2.45) is 0 Å². The van der Waals surface area contributed by atoms with Gasteiger partial charge in [-0.3, -0.25) is 9.48 Å². The first-order valence-electron chi connectivity index (χ1n) is 6.65. The number of nitrogens with zero attached hydrogens (tertiary/aromatic N) is 4. The first-order valence-corrected chi connectivity index (χ1v) is 7.02. The number of halogens is 1. The largest absolute Gasteiger partial charge is 0.396 e. The lowest BCUT2D eigenvalue weighted by atomic mass is 10.4. The number of aryl methyl sites for hydroxylation is 1. The topological polar surface area (TPSA) is 85.0 Å². The minimum Gasteiger partial charge on any atom is -0.396 e. The molecule has 0 unspecified atom stereocenters. The molecule has 114 valence electrons. The molecule has 21 heavy (non-hydrogen) atoms. The molecule has 0 saturated carbocycles. The number of hydrogen-bond acceptors (Lipinski definition) is 4. The summed E-state index contributed by atoms with van der Waals surface area (Å²) in [6, 6.07) is 1.64. The normalized spacial score (nSPS) is 10.9. The van der Waals surface area contributed by atoms with Gasteiger partial charge in [-0.1, -0.05) is 11.6 Å².